The van der Waals surface area contributed by atoms with E-state index in [1.54, 1.807) is 27.8 Å². The Kier molecular flexibility index (Phi) is 3.00. The summed E-state index contributed by atoms with van der Waals surface area (Å²) in [5.41, 5.74) is 0. The molecule has 0 saturated heterocycles. The molecule has 1 N–H and O–H groups in total. The fourth-order valence-electron chi connectivity index (χ4n) is 0.411. The van der Waals surface area contributed by atoms with Gasteiger partial charge in [-0.1, -0.05) is 17.7 Å². The molecule has 1 rings (SSSR count). The molecule has 0 aromatic carbocycles. The topological polar surface area (TPSA) is 28.7 Å². The summed E-state index contributed by atoms with van der Waals surface area (Å²) in [4.78, 5) is 7.04. The monoisotopic (exact) mass is 160 g/mol. The predicted octanol–water partition coefficient (Wildman–Crippen LogP) is 2.17. The number of nitrogens with zero attached hydrogens (tertiary/aromatic N) is 1. The van der Waals surface area contributed by atoms with Crippen LogP contribution < -0.4 is 0 Å². The molecule has 0 atom stereocenters. The lowest BCUT2D eigenvalue weighted by Crippen LogP contribution is -1.68. The van der Waals surface area contributed by atoms with Crippen LogP contribution in [0.3, 0.4) is 0 Å². The number of aromatic amines is 1. The number of H-pyrrole nitrogens is 1. The predicted molar refractivity (Wildman–Crippen MR) is 42.6 cm³/mol. The van der Waals surface area contributed by atoms with Gasteiger partial charge in [-0.25, -0.2) is 4.98 Å². The van der Waals surface area contributed by atoms with Gasteiger partial charge in [0.05, 0.1) is 0 Å². The average molecular weight is 160 g/mol. The van der Waals surface area contributed by atoms with Crippen LogP contribution in [-0.2, 0) is 0 Å². The van der Waals surface area contributed by atoms with Crippen LogP contribution in [0, 0.1) is 0 Å². The highest BCUT2D eigenvalue weighted by molar-refractivity contribution is 8.76. The average Bonchev–Trinajstić information content (AvgIpc) is 2.34. The molecule has 4 heteroatoms. The summed E-state index contributed by atoms with van der Waals surface area (Å²) in [7, 11) is 3.47. The molecule has 50 valence electrons. The van der Waals surface area contributed by atoms with Gasteiger partial charge in [-0.15, -0.1) is 0 Å². The van der Waals surface area contributed by atoms with E-state index in [9.17, 15) is 0 Å². The SMILES string of the molecule is CCSSc1ncc[nH]1. The van der Waals surface area contributed by atoms with Crippen molar-refractivity contribution >= 4 is 21.6 Å². The number of nitrogens with one attached hydrogen (secondary N) is 1. The highest BCUT2D eigenvalue weighted by Crippen LogP contribution is 2.26. The quantitative estimate of drug-likeness (QED) is 0.687. The molecule has 0 aliphatic carbocycles. The number of imidazole rings is 1. The summed E-state index contributed by atoms with van der Waals surface area (Å²) in [5, 5.41) is 0.988. The molecule has 0 spiro atoms. The first kappa shape index (κ1) is 7.02. The van der Waals surface area contributed by atoms with Gasteiger partial charge >= 0.3 is 0 Å². The van der Waals surface area contributed by atoms with Crippen molar-refractivity contribution in [3.63, 3.8) is 0 Å². The van der Waals surface area contributed by atoms with E-state index in [4.69, 9.17) is 0 Å². The van der Waals surface area contributed by atoms with Crippen molar-refractivity contribution in [1.29, 1.82) is 0 Å². The maximum Gasteiger partial charge on any atom is 0.176 e. The van der Waals surface area contributed by atoms with Gasteiger partial charge in [-0.3, -0.25) is 0 Å². The van der Waals surface area contributed by atoms with Gasteiger partial charge < -0.3 is 4.98 Å². The third-order valence-electron chi connectivity index (χ3n) is 0.729. The number of rotatable bonds is 3. The third-order valence-corrected chi connectivity index (χ3v) is 3.00. The normalized spacial score (nSPS) is 9.89. The Bertz CT molecular complexity index is 150. The summed E-state index contributed by atoms with van der Waals surface area (Å²) >= 11 is 0. The van der Waals surface area contributed by atoms with Gasteiger partial charge in [0.2, 0.25) is 0 Å². The third kappa shape index (κ3) is 2.32. The Morgan fingerprint density at radius 3 is 3.22 bits per heavy atom. The molecule has 0 aliphatic heterocycles. The van der Waals surface area contributed by atoms with Crippen LogP contribution in [0.15, 0.2) is 17.6 Å². The second-order valence-corrected chi connectivity index (χ2v) is 3.96. The van der Waals surface area contributed by atoms with Crippen LogP contribution in [0.5, 0.6) is 0 Å². The Labute approximate surface area is 62.2 Å². The molecule has 9 heavy (non-hydrogen) atoms. The number of aromatic nitrogens is 2. The van der Waals surface area contributed by atoms with E-state index in [1.165, 1.54) is 0 Å². The largest absolute Gasteiger partial charge is 0.339 e. The van der Waals surface area contributed by atoms with E-state index in [1.807, 2.05) is 6.20 Å². The Morgan fingerprint density at radius 1 is 1.78 bits per heavy atom. The van der Waals surface area contributed by atoms with E-state index >= 15 is 0 Å². The Hall–Kier alpha value is -0.0900. The number of hydrogen-bond donors (Lipinski definition) is 1. The summed E-state index contributed by atoms with van der Waals surface area (Å²) in [5.74, 6) is 1.12. The highest BCUT2D eigenvalue weighted by Gasteiger charge is 1.91. The van der Waals surface area contributed by atoms with E-state index in [-0.39, 0.29) is 0 Å². The van der Waals surface area contributed by atoms with Crippen molar-refractivity contribution in [3.05, 3.63) is 12.4 Å². The minimum atomic E-state index is 0.988. The minimum Gasteiger partial charge on any atom is -0.339 e. The molecule has 0 aliphatic rings. The van der Waals surface area contributed by atoms with E-state index in [0.29, 0.717) is 0 Å². The summed E-state index contributed by atoms with van der Waals surface area (Å²) in [6, 6.07) is 0. The molecule has 1 heterocycles. The molecule has 0 bridgehead atoms. The standard InChI is InChI=1S/C5H8N2S2/c1-2-8-9-5-6-3-4-7-5/h3-4H,2H2,1H3,(H,6,7). The molecular weight excluding hydrogens is 152 g/mol. The van der Waals surface area contributed by atoms with E-state index < -0.39 is 0 Å². The maximum absolute atomic E-state index is 4.04. The van der Waals surface area contributed by atoms with Crippen molar-refractivity contribution in [2.24, 2.45) is 0 Å². The van der Waals surface area contributed by atoms with Gasteiger partial charge in [0, 0.05) is 18.1 Å². The first-order valence-corrected chi connectivity index (χ1v) is 5.04. The lowest BCUT2D eigenvalue weighted by molar-refractivity contribution is 1.07. The lowest BCUT2D eigenvalue weighted by Gasteiger charge is -1.89. The molecular formula is C5H8N2S2. The van der Waals surface area contributed by atoms with Gasteiger partial charge in [-0.05, 0) is 10.8 Å². The fraction of sp³-hybridized carbons (Fsp3) is 0.400. The maximum atomic E-state index is 4.04. The van der Waals surface area contributed by atoms with Gasteiger partial charge in [0.25, 0.3) is 0 Å². The zero-order valence-corrected chi connectivity index (χ0v) is 6.76. The van der Waals surface area contributed by atoms with Crippen molar-refractivity contribution in [2.45, 2.75) is 12.1 Å². The summed E-state index contributed by atoms with van der Waals surface area (Å²) in [6.45, 7) is 2.13. The van der Waals surface area contributed by atoms with Gasteiger partial charge in [-0.2, -0.15) is 0 Å². The zero-order valence-electron chi connectivity index (χ0n) is 5.13. The lowest BCUT2D eigenvalue weighted by atomic mass is 11.0. The zero-order chi connectivity index (χ0) is 6.53. The molecule has 0 unspecified atom stereocenters. The first-order chi connectivity index (χ1) is 4.43. The number of hydrogen-bond acceptors (Lipinski definition) is 3. The highest BCUT2D eigenvalue weighted by atomic mass is 33.1. The summed E-state index contributed by atoms with van der Waals surface area (Å²) < 4.78 is 0. The van der Waals surface area contributed by atoms with Crippen LogP contribution in [0.2, 0.25) is 0 Å². The van der Waals surface area contributed by atoms with Crippen molar-refractivity contribution in [2.75, 3.05) is 5.75 Å². The van der Waals surface area contributed by atoms with E-state index in [2.05, 4.69) is 16.9 Å². The van der Waals surface area contributed by atoms with Crippen molar-refractivity contribution < 1.29 is 0 Å². The second-order valence-electron chi connectivity index (χ2n) is 1.38. The first-order valence-electron chi connectivity index (χ1n) is 2.72. The van der Waals surface area contributed by atoms with Gasteiger partial charge in [0.1, 0.15) is 0 Å². The molecule has 0 amide bonds. The summed E-state index contributed by atoms with van der Waals surface area (Å²) in [6.07, 6.45) is 3.59. The Balaban J connectivity index is 2.30. The molecule has 1 aromatic heterocycles. The van der Waals surface area contributed by atoms with Crippen LogP contribution in [0.4, 0.5) is 0 Å². The van der Waals surface area contributed by atoms with E-state index in [0.717, 1.165) is 10.9 Å². The molecule has 1 aromatic rings. The van der Waals surface area contributed by atoms with Crippen LogP contribution >= 0.6 is 21.6 Å². The molecule has 0 saturated carbocycles. The second kappa shape index (κ2) is 3.85. The molecule has 0 fully saturated rings. The van der Waals surface area contributed by atoms with Crippen molar-refractivity contribution in [3.8, 4) is 0 Å². The smallest absolute Gasteiger partial charge is 0.176 e. The molecule has 0 radical (unpaired) electrons. The Morgan fingerprint density at radius 2 is 2.67 bits per heavy atom. The van der Waals surface area contributed by atoms with Crippen LogP contribution in [-0.4, -0.2) is 15.7 Å². The van der Waals surface area contributed by atoms with Crippen LogP contribution in [0.1, 0.15) is 6.92 Å². The fourth-order valence-corrected chi connectivity index (χ4v) is 1.82. The molecule has 2 nitrogen and oxygen atoms in total. The van der Waals surface area contributed by atoms with Crippen molar-refractivity contribution in [1.82, 2.24) is 9.97 Å². The van der Waals surface area contributed by atoms with Crippen LogP contribution in [0.25, 0.3) is 0 Å². The van der Waals surface area contributed by atoms with Gasteiger partial charge in [0.15, 0.2) is 5.16 Å². The minimum absolute atomic E-state index is 0.988.